The number of amides is 1. The molecule has 2 aromatic carbocycles. The summed E-state index contributed by atoms with van der Waals surface area (Å²) >= 11 is 1.11. The average molecular weight is 426 g/mol. The van der Waals surface area contributed by atoms with Gasteiger partial charge in [0.05, 0.1) is 0 Å². The van der Waals surface area contributed by atoms with E-state index in [0.717, 1.165) is 11.8 Å². The van der Waals surface area contributed by atoms with Gasteiger partial charge in [0.1, 0.15) is 11.3 Å². The number of benzene rings is 2. The second-order valence-corrected chi connectivity index (χ2v) is 8.53. The van der Waals surface area contributed by atoms with Gasteiger partial charge in [0, 0.05) is 16.7 Å². The van der Waals surface area contributed by atoms with E-state index < -0.39 is 11.4 Å². The number of aromatic nitrogens is 1. The third-order valence-electron chi connectivity index (χ3n) is 4.10. The normalized spacial score (nSPS) is 11.3. The smallest absolute Gasteiger partial charge is 0.316 e. The van der Waals surface area contributed by atoms with E-state index in [-0.39, 0.29) is 24.1 Å². The van der Waals surface area contributed by atoms with Gasteiger partial charge in [0.15, 0.2) is 18.0 Å². The topological polar surface area (TPSA) is 98.5 Å². The number of esters is 1. The average Bonchev–Trinajstić information content (AvgIpc) is 3.13. The van der Waals surface area contributed by atoms with Crippen molar-refractivity contribution in [2.24, 2.45) is 5.41 Å². The highest BCUT2D eigenvalue weighted by molar-refractivity contribution is 7.99. The van der Waals surface area contributed by atoms with E-state index in [0.29, 0.717) is 27.6 Å². The molecule has 0 spiro atoms. The van der Waals surface area contributed by atoms with Crippen molar-refractivity contribution in [3.63, 3.8) is 0 Å². The first-order valence-electron chi connectivity index (χ1n) is 9.31. The summed E-state index contributed by atoms with van der Waals surface area (Å²) < 4.78 is 10.6. The molecule has 0 fully saturated rings. The van der Waals surface area contributed by atoms with E-state index in [9.17, 15) is 14.4 Å². The Kier molecular flexibility index (Phi) is 6.56. The highest BCUT2D eigenvalue weighted by Gasteiger charge is 2.21. The fourth-order valence-electron chi connectivity index (χ4n) is 2.36. The summed E-state index contributed by atoms with van der Waals surface area (Å²) in [7, 11) is 0. The number of Topliss-reactive ketones (excluding diaryl/α,β-unsaturated/α-hetero) is 1. The fourth-order valence-corrected chi connectivity index (χ4v) is 3.00. The van der Waals surface area contributed by atoms with Crippen molar-refractivity contribution in [1.82, 2.24) is 4.98 Å². The van der Waals surface area contributed by atoms with Crippen molar-refractivity contribution in [2.45, 2.75) is 26.0 Å². The zero-order valence-corrected chi connectivity index (χ0v) is 17.7. The van der Waals surface area contributed by atoms with Crippen LogP contribution in [-0.2, 0) is 14.3 Å². The summed E-state index contributed by atoms with van der Waals surface area (Å²) in [6.07, 6.45) is 0. The van der Waals surface area contributed by atoms with E-state index in [4.69, 9.17) is 9.15 Å². The number of fused-ring (bicyclic) bond motifs is 1. The number of para-hydroxylation sites is 2. The first-order chi connectivity index (χ1) is 14.2. The molecule has 0 unspecified atom stereocenters. The molecule has 1 heterocycles. The number of hydrogen-bond donors (Lipinski definition) is 1. The van der Waals surface area contributed by atoms with Gasteiger partial charge in [-0.1, -0.05) is 44.7 Å². The zero-order chi connectivity index (χ0) is 21.7. The van der Waals surface area contributed by atoms with Crippen LogP contribution in [-0.4, -0.2) is 35.0 Å². The Morgan fingerprint density at radius 3 is 2.43 bits per heavy atom. The number of ketones is 1. The van der Waals surface area contributed by atoms with Gasteiger partial charge in [-0.2, -0.15) is 0 Å². The lowest BCUT2D eigenvalue weighted by atomic mass is 9.95. The van der Waals surface area contributed by atoms with E-state index >= 15 is 0 Å². The molecule has 0 saturated heterocycles. The zero-order valence-electron chi connectivity index (χ0n) is 16.9. The molecule has 0 bridgehead atoms. The second kappa shape index (κ2) is 9.13. The molecule has 0 atom stereocenters. The highest BCUT2D eigenvalue weighted by Crippen LogP contribution is 2.23. The molecule has 30 heavy (non-hydrogen) atoms. The van der Waals surface area contributed by atoms with Gasteiger partial charge >= 0.3 is 5.97 Å². The van der Waals surface area contributed by atoms with Gasteiger partial charge in [0.2, 0.25) is 5.91 Å². The Labute approximate surface area is 178 Å². The highest BCUT2D eigenvalue weighted by atomic mass is 32.2. The molecule has 0 aliphatic heterocycles. The van der Waals surface area contributed by atoms with Crippen LogP contribution in [0.4, 0.5) is 5.69 Å². The number of hydrogen-bond acceptors (Lipinski definition) is 7. The molecule has 0 radical (unpaired) electrons. The summed E-state index contributed by atoms with van der Waals surface area (Å²) in [6, 6.07) is 13.8. The van der Waals surface area contributed by atoms with Crippen LogP contribution in [0.15, 0.2) is 58.2 Å². The maximum atomic E-state index is 12.2. The fraction of sp³-hybridized carbons (Fsp3) is 0.273. The maximum Gasteiger partial charge on any atom is 0.316 e. The van der Waals surface area contributed by atoms with E-state index in [1.165, 1.54) is 0 Å². The maximum absolute atomic E-state index is 12.2. The van der Waals surface area contributed by atoms with E-state index in [1.54, 1.807) is 30.3 Å². The van der Waals surface area contributed by atoms with Crippen LogP contribution in [0.5, 0.6) is 0 Å². The summed E-state index contributed by atoms with van der Waals surface area (Å²) in [5.41, 5.74) is 1.83. The molecule has 8 heteroatoms. The van der Waals surface area contributed by atoms with Crippen LogP contribution in [0.1, 0.15) is 31.1 Å². The third-order valence-corrected chi connectivity index (χ3v) is 4.90. The van der Waals surface area contributed by atoms with Crippen LogP contribution >= 0.6 is 11.8 Å². The van der Waals surface area contributed by atoms with Crippen molar-refractivity contribution in [2.75, 3.05) is 17.7 Å². The number of anilines is 1. The summed E-state index contributed by atoms with van der Waals surface area (Å²) in [6.45, 7) is 5.09. The Morgan fingerprint density at radius 1 is 1.07 bits per heavy atom. The van der Waals surface area contributed by atoms with Gasteiger partial charge in [-0.15, -0.1) is 0 Å². The van der Waals surface area contributed by atoms with Crippen molar-refractivity contribution >= 4 is 46.2 Å². The lowest BCUT2D eigenvalue weighted by Gasteiger charge is -2.17. The van der Waals surface area contributed by atoms with Crippen LogP contribution in [0.3, 0.4) is 0 Å². The number of rotatable bonds is 7. The number of ether oxygens (including phenoxy) is 1. The predicted octanol–water partition coefficient (Wildman–Crippen LogP) is 4.33. The minimum atomic E-state index is -0.537. The summed E-state index contributed by atoms with van der Waals surface area (Å²) in [5.74, 6) is -1.00. The largest absolute Gasteiger partial charge is 0.457 e. The molecule has 1 amide bonds. The van der Waals surface area contributed by atoms with Gasteiger partial charge in [-0.05, 0) is 36.4 Å². The standard InChI is InChI=1S/C22H22N2O5S/c1-22(2,3)20(27)23-15-10-8-14(9-11-15)17(25)12-28-19(26)13-30-21-24-16-6-4-5-7-18(16)29-21/h4-11H,12-13H2,1-3H3,(H,23,27). The minimum Gasteiger partial charge on any atom is -0.457 e. The first kappa shape index (κ1) is 21.6. The van der Waals surface area contributed by atoms with Crippen molar-refractivity contribution in [3.8, 4) is 0 Å². The summed E-state index contributed by atoms with van der Waals surface area (Å²) in [4.78, 5) is 40.4. The number of nitrogens with zero attached hydrogens (tertiary/aromatic N) is 1. The van der Waals surface area contributed by atoms with E-state index in [2.05, 4.69) is 10.3 Å². The molecule has 7 nitrogen and oxygen atoms in total. The Balaban J connectivity index is 1.46. The lowest BCUT2D eigenvalue weighted by molar-refractivity contribution is -0.139. The Morgan fingerprint density at radius 2 is 1.77 bits per heavy atom. The molecule has 0 saturated carbocycles. The van der Waals surface area contributed by atoms with Crippen molar-refractivity contribution < 1.29 is 23.5 Å². The Hall–Kier alpha value is -3.13. The number of thioether (sulfide) groups is 1. The lowest BCUT2D eigenvalue weighted by Crippen LogP contribution is -2.27. The monoisotopic (exact) mass is 426 g/mol. The van der Waals surface area contributed by atoms with Crippen molar-refractivity contribution in [3.05, 3.63) is 54.1 Å². The Bertz CT molecular complexity index is 1030. The van der Waals surface area contributed by atoms with E-state index in [1.807, 2.05) is 39.0 Å². The molecule has 0 aliphatic carbocycles. The van der Waals surface area contributed by atoms with Crippen LogP contribution in [0, 0.1) is 5.41 Å². The number of nitrogens with one attached hydrogen (secondary N) is 1. The van der Waals surface area contributed by atoms with Crippen LogP contribution in [0.25, 0.3) is 11.1 Å². The quantitative estimate of drug-likeness (QED) is 0.341. The van der Waals surface area contributed by atoms with Crippen LogP contribution < -0.4 is 5.32 Å². The molecule has 3 aromatic rings. The van der Waals surface area contributed by atoms with Gasteiger partial charge in [0.25, 0.3) is 5.22 Å². The molecular formula is C22H22N2O5S. The van der Waals surface area contributed by atoms with Gasteiger partial charge in [-0.25, -0.2) is 4.98 Å². The first-order valence-corrected chi connectivity index (χ1v) is 10.3. The summed E-state index contributed by atoms with van der Waals surface area (Å²) in [5, 5.41) is 3.15. The second-order valence-electron chi connectivity index (χ2n) is 7.60. The van der Waals surface area contributed by atoms with Gasteiger partial charge < -0.3 is 14.5 Å². The van der Waals surface area contributed by atoms with Gasteiger partial charge in [-0.3, -0.25) is 14.4 Å². The number of carbonyl (C=O) groups is 3. The van der Waals surface area contributed by atoms with Crippen LogP contribution in [0.2, 0.25) is 0 Å². The molecule has 1 N–H and O–H groups in total. The minimum absolute atomic E-state index is 0.0160. The molecular weight excluding hydrogens is 404 g/mol. The van der Waals surface area contributed by atoms with Crippen molar-refractivity contribution in [1.29, 1.82) is 0 Å². The molecule has 156 valence electrons. The number of carbonyl (C=O) groups excluding carboxylic acids is 3. The third kappa shape index (κ3) is 5.70. The SMILES string of the molecule is CC(C)(C)C(=O)Nc1ccc(C(=O)COC(=O)CSc2nc3ccccc3o2)cc1. The molecule has 1 aromatic heterocycles. The number of oxazole rings is 1. The predicted molar refractivity (Wildman–Crippen MR) is 115 cm³/mol. The molecule has 0 aliphatic rings. The molecule has 3 rings (SSSR count).